The van der Waals surface area contributed by atoms with Crippen LogP contribution in [0.15, 0.2) is 0 Å². The summed E-state index contributed by atoms with van der Waals surface area (Å²) in [4.78, 5) is 13.4. The Morgan fingerprint density at radius 2 is 2.11 bits per heavy atom. The molecule has 1 amide bonds. The monoisotopic (exact) mass is 293 g/mol. The maximum atomic E-state index is 11.9. The van der Waals surface area contributed by atoms with Gasteiger partial charge in [0.05, 0.1) is 18.1 Å². The first kappa shape index (κ1) is 16.2. The van der Waals surface area contributed by atoms with Crippen LogP contribution in [-0.4, -0.2) is 61.8 Å². The number of hydrogen-bond donors (Lipinski definition) is 1. The van der Waals surface area contributed by atoms with Gasteiger partial charge in [0.1, 0.15) is 0 Å². The van der Waals surface area contributed by atoms with E-state index in [0.717, 1.165) is 12.8 Å². The molecular weight excluding hydrogens is 270 g/mol. The predicted molar refractivity (Wildman–Crippen MR) is 71.7 cm³/mol. The average molecular weight is 293 g/mol. The van der Waals surface area contributed by atoms with E-state index in [1.165, 1.54) is 4.90 Å². The molecule has 1 aliphatic heterocycles. The largest absolute Gasteiger partial charge is 0.450 e. The van der Waals surface area contributed by atoms with E-state index in [1.54, 1.807) is 6.92 Å². The van der Waals surface area contributed by atoms with Gasteiger partial charge in [0.2, 0.25) is 0 Å². The Kier molecular flexibility index (Phi) is 6.57. The molecule has 1 aliphatic rings. The lowest BCUT2D eigenvalue weighted by molar-refractivity contribution is 0.0930. The summed E-state index contributed by atoms with van der Waals surface area (Å²) in [5, 5.41) is 8.72. The minimum absolute atomic E-state index is 0.0335. The quantitative estimate of drug-likeness (QED) is 0.702. The minimum Gasteiger partial charge on any atom is -0.450 e. The highest BCUT2D eigenvalue weighted by Gasteiger charge is 2.34. The summed E-state index contributed by atoms with van der Waals surface area (Å²) in [6.07, 6.45) is 2.30. The standard InChI is InChI=1S/C12H23NO5S/c1-2-18-12(15)13(7-4-3-5-8-14)11-6-9-19(16,17)10-11/h11,14H,2-10H2,1H3. The number of carbonyl (C=O) groups is 1. The van der Waals surface area contributed by atoms with Crippen LogP contribution in [0.4, 0.5) is 4.79 Å². The van der Waals surface area contributed by atoms with Gasteiger partial charge in [-0.3, -0.25) is 0 Å². The Labute approximate surface area is 114 Å². The normalized spacial score (nSPS) is 21.3. The molecule has 1 rings (SSSR count). The van der Waals surface area contributed by atoms with E-state index >= 15 is 0 Å². The summed E-state index contributed by atoms with van der Waals surface area (Å²) in [5.41, 5.74) is 0. The molecule has 1 atom stereocenters. The number of aliphatic hydroxyl groups excluding tert-OH is 1. The Bertz CT molecular complexity index is 382. The SMILES string of the molecule is CCOC(=O)N(CCCCCO)C1CCS(=O)(=O)C1. The number of ether oxygens (including phenoxy) is 1. The van der Waals surface area contributed by atoms with E-state index in [4.69, 9.17) is 9.84 Å². The second-order valence-electron chi connectivity index (χ2n) is 4.73. The Hall–Kier alpha value is -0.820. The molecule has 0 saturated carbocycles. The van der Waals surface area contributed by atoms with Crippen LogP contribution >= 0.6 is 0 Å². The van der Waals surface area contributed by atoms with Crippen LogP contribution in [-0.2, 0) is 14.6 Å². The third-order valence-electron chi connectivity index (χ3n) is 3.21. The van der Waals surface area contributed by atoms with Crippen molar-refractivity contribution < 1.29 is 23.1 Å². The first-order chi connectivity index (χ1) is 9.00. The Morgan fingerprint density at radius 1 is 1.37 bits per heavy atom. The van der Waals surface area contributed by atoms with Gasteiger partial charge < -0.3 is 14.7 Å². The molecule has 1 heterocycles. The lowest BCUT2D eigenvalue weighted by Gasteiger charge is -2.27. The van der Waals surface area contributed by atoms with Crippen LogP contribution in [0.1, 0.15) is 32.6 Å². The molecule has 1 N–H and O–H groups in total. The molecule has 19 heavy (non-hydrogen) atoms. The summed E-state index contributed by atoms with van der Waals surface area (Å²) < 4.78 is 28.0. The van der Waals surface area contributed by atoms with E-state index < -0.39 is 15.9 Å². The van der Waals surface area contributed by atoms with Crippen molar-refractivity contribution in [2.24, 2.45) is 0 Å². The zero-order chi connectivity index (χ0) is 14.3. The van der Waals surface area contributed by atoms with Crippen molar-refractivity contribution in [1.29, 1.82) is 0 Å². The molecule has 1 unspecified atom stereocenters. The first-order valence-corrected chi connectivity index (χ1v) is 8.57. The molecule has 0 radical (unpaired) electrons. The topological polar surface area (TPSA) is 83.9 Å². The second-order valence-corrected chi connectivity index (χ2v) is 6.96. The van der Waals surface area contributed by atoms with E-state index in [1.807, 2.05) is 0 Å². The van der Waals surface area contributed by atoms with Gasteiger partial charge in [0.25, 0.3) is 0 Å². The van der Waals surface area contributed by atoms with Crippen LogP contribution in [0.3, 0.4) is 0 Å². The number of sulfone groups is 1. The highest BCUT2D eigenvalue weighted by Crippen LogP contribution is 2.19. The number of nitrogens with zero attached hydrogens (tertiary/aromatic N) is 1. The van der Waals surface area contributed by atoms with Crippen molar-refractivity contribution in [3.8, 4) is 0 Å². The maximum Gasteiger partial charge on any atom is 0.410 e. The summed E-state index contributed by atoms with van der Waals surface area (Å²) in [6.45, 7) is 2.63. The highest BCUT2D eigenvalue weighted by molar-refractivity contribution is 7.91. The Balaban J connectivity index is 2.56. The molecule has 7 heteroatoms. The molecule has 0 aromatic carbocycles. The number of carbonyl (C=O) groups excluding carboxylic acids is 1. The van der Waals surface area contributed by atoms with Crippen molar-refractivity contribution in [2.75, 3.05) is 31.3 Å². The van der Waals surface area contributed by atoms with Gasteiger partial charge in [-0.1, -0.05) is 0 Å². The lowest BCUT2D eigenvalue weighted by atomic mass is 10.2. The fourth-order valence-electron chi connectivity index (χ4n) is 2.22. The van der Waals surface area contributed by atoms with Crippen molar-refractivity contribution in [3.63, 3.8) is 0 Å². The van der Waals surface area contributed by atoms with Crippen molar-refractivity contribution in [2.45, 2.75) is 38.6 Å². The van der Waals surface area contributed by atoms with Gasteiger partial charge in [0, 0.05) is 19.2 Å². The van der Waals surface area contributed by atoms with E-state index in [2.05, 4.69) is 0 Å². The van der Waals surface area contributed by atoms with Gasteiger partial charge in [-0.05, 0) is 32.6 Å². The summed E-state index contributed by atoms with van der Waals surface area (Å²) in [7, 11) is -3.01. The fraction of sp³-hybridized carbons (Fsp3) is 0.917. The zero-order valence-electron chi connectivity index (χ0n) is 11.4. The number of amides is 1. The summed E-state index contributed by atoms with van der Waals surface area (Å²) in [6, 6.07) is -0.266. The molecule has 1 fully saturated rings. The molecule has 0 spiro atoms. The van der Waals surface area contributed by atoms with E-state index in [9.17, 15) is 13.2 Å². The van der Waals surface area contributed by atoms with Gasteiger partial charge in [-0.15, -0.1) is 0 Å². The number of unbranched alkanes of at least 4 members (excludes halogenated alkanes) is 2. The van der Waals surface area contributed by atoms with E-state index in [0.29, 0.717) is 19.4 Å². The molecule has 0 aromatic rings. The molecule has 0 aromatic heterocycles. The number of aliphatic hydroxyl groups is 1. The molecule has 112 valence electrons. The van der Waals surface area contributed by atoms with Crippen LogP contribution < -0.4 is 0 Å². The molecule has 1 saturated heterocycles. The maximum absolute atomic E-state index is 11.9. The minimum atomic E-state index is -3.01. The number of rotatable bonds is 7. The van der Waals surface area contributed by atoms with Crippen molar-refractivity contribution >= 4 is 15.9 Å². The van der Waals surface area contributed by atoms with Crippen molar-refractivity contribution in [1.82, 2.24) is 4.90 Å². The van der Waals surface area contributed by atoms with Crippen LogP contribution in [0, 0.1) is 0 Å². The summed E-state index contributed by atoms with van der Waals surface area (Å²) >= 11 is 0. The second kappa shape index (κ2) is 7.69. The van der Waals surface area contributed by atoms with Crippen LogP contribution in [0.2, 0.25) is 0 Å². The van der Waals surface area contributed by atoms with Gasteiger partial charge in [0.15, 0.2) is 9.84 Å². The van der Waals surface area contributed by atoms with Gasteiger partial charge in [-0.2, -0.15) is 0 Å². The van der Waals surface area contributed by atoms with Gasteiger partial charge >= 0.3 is 6.09 Å². The average Bonchev–Trinajstić information content (AvgIpc) is 2.69. The van der Waals surface area contributed by atoms with Gasteiger partial charge in [-0.25, -0.2) is 13.2 Å². The molecule has 0 aliphatic carbocycles. The predicted octanol–water partition coefficient (Wildman–Crippen LogP) is 0.795. The third-order valence-corrected chi connectivity index (χ3v) is 4.96. The number of hydrogen-bond acceptors (Lipinski definition) is 5. The zero-order valence-corrected chi connectivity index (χ0v) is 12.2. The third kappa shape index (κ3) is 5.36. The highest BCUT2D eigenvalue weighted by atomic mass is 32.2. The molecule has 0 bridgehead atoms. The fourth-order valence-corrected chi connectivity index (χ4v) is 3.95. The van der Waals surface area contributed by atoms with E-state index in [-0.39, 0.29) is 30.8 Å². The lowest BCUT2D eigenvalue weighted by Crippen LogP contribution is -2.42. The smallest absolute Gasteiger partial charge is 0.410 e. The van der Waals surface area contributed by atoms with Crippen LogP contribution in [0.25, 0.3) is 0 Å². The molecular formula is C12H23NO5S. The van der Waals surface area contributed by atoms with Crippen LogP contribution in [0.5, 0.6) is 0 Å². The Morgan fingerprint density at radius 3 is 2.63 bits per heavy atom. The summed E-state index contributed by atoms with van der Waals surface area (Å²) in [5.74, 6) is 0.177. The molecule has 6 nitrogen and oxygen atoms in total. The first-order valence-electron chi connectivity index (χ1n) is 6.75. The van der Waals surface area contributed by atoms with Crippen molar-refractivity contribution in [3.05, 3.63) is 0 Å².